The lowest BCUT2D eigenvalue weighted by Gasteiger charge is -2.17. The topological polar surface area (TPSA) is 8.88 Å². The molecule has 1 unspecified atom stereocenters. The van der Waals surface area contributed by atoms with Crippen molar-refractivity contribution in [1.82, 2.24) is 0 Å². The zero-order valence-corrected chi connectivity index (χ0v) is 16.2. The Bertz CT molecular complexity index is 824. The highest BCUT2D eigenvalue weighted by Gasteiger charge is 2.11. The molecule has 0 aliphatic carbocycles. The number of rotatable bonds is 7. The minimum atomic E-state index is 1.07. The van der Waals surface area contributed by atoms with Crippen molar-refractivity contribution in [1.29, 1.82) is 0 Å². The molecule has 2 nitrogen and oxygen atoms in total. The number of hydrogen-bond acceptors (Lipinski definition) is 1. The van der Waals surface area contributed by atoms with E-state index in [0.717, 1.165) is 6.54 Å². The van der Waals surface area contributed by atoms with Gasteiger partial charge in [0.2, 0.25) is 0 Å². The standard InChI is InChI=1S/C22H26N2S/c1-23(2)15-16-24(3)17-19-10-5-7-13-21(19)25-22-14-8-11-18-9-4-6-12-20(18)22/h4-14H,15-17H2,1-3H3/p+2. The minimum Gasteiger partial charge on any atom is -0.335 e. The van der Waals surface area contributed by atoms with Gasteiger partial charge in [-0.2, -0.15) is 0 Å². The van der Waals surface area contributed by atoms with Crippen LogP contribution in [0.15, 0.2) is 76.5 Å². The van der Waals surface area contributed by atoms with Gasteiger partial charge in [-0.1, -0.05) is 66.4 Å². The predicted molar refractivity (Wildman–Crippen MR) is 108 cm³/mol. The Hall–Kier alpha value is -1.81. The van der Waals surface area contributed by atoms with Crippen LogP contribution in [-0.2, 0) is 6.54 Å². The number of hydrogen-bond donors (Lipinski definition) is 2. The number of likely N-dealkylation sites (N-methyl/N-ethyl adjacent to an activating group) is 2. The largest absolute Gasteiger partial charge is 0.335 e. The first-order valence-corrected chi connectivity index (χ1v) is 9.79. The molecule has 0 aliphatic rings. The summed E-state index contributed by atoms with van der Waals surface area (Å²) in [7, 11) is 6.73. The fraction of sp³-hybridized carbons (Fsp3) is 0.273. The summed E-state index contributed by atoms with van der Waals surface area (Å²) in [5, 5.41) is 2.64. The summed E-state index contributed by atoms with van der Waals surface area (Å²) in [5.41, 5.74) is 1.44. The second-order valence-corrected chi connectivity index (χ2v) is 8.11. The van der Waals surface area contributed by atoms with Gasteiger partial charge in [0.1, 0.15) is 19.6 Å². The Morgan fingerprint density at radius 2 is 1.40 bits per heavy atom. The fourth-order valence-electron chi connectivity index (χ4n) is 3.03. The summed E-state index contributed by atoms with van der Waals surface area (Å²) < 4.78 is 0. The third-order valence-corrected chi connectivity index (χ3v) is 5.68. The van der Waals surface area contributed by atoms with E-state index in [0.29, 0.717) is 0 Å². The Morgan fingerprint density at radius 1 is 0.720 bits per heavy atom. The molecule has 0 saturated carbocycles. The molecule has 0 heterocycles. The molecule has 2 N–H and O–H groups in total. The summed E-state index contributed by atoms with van der Waals surface area (Å²) in [6, 6.07) is 24.1. The highest BCUT2D eigenvalue weighted by atomic mass is 32.2. The van der Waals surface area contributed by atoms with Crippen LogP contribution in [0.2, 0.25) is 0 Å². The van der Waals surface area contributed by atoms with Gasteiger partial charge in [-0.25, -0.2) is 0 Å². The molecule has 0 aromatic heterocycles. The third kappa shape index (κ3) is 4.85. The molecular weight excluding hydrogens is 324 g/mol. The molecule has 0 amide bonds. The molecule has 1 atom stereocenters. The van der Waals surface area contributed by atoms with Crippen molar-refractivity contribution >= 4 is 22.5 Å². The van der Waals surface area contributed by atoms with Crippen molar-refractivity contribution in [3.63, 3.8) is 0 Å². The van der Waals surface area contributed by atoms with Gasteiger partial charge >= 0.3 is 0 Å². The van der Waals surface area contributed by atoms with E-state index in [1.807, 2.05) is 11.8 Å². The van der Waals surface area contributed by atoms with Gasteiger partial charge < -0.3 is 9.80 Å². The molecule has 3 rings (SSSR count). The molecule has 0 fully saturated rings. The van der Waals surface area contributed by atoms with Crippen LogP contribution >= 0.6 is 11.8 Å². The smallest absolute Gasteiger partial charge is 0.127 e. The second-order valence-electron chi connectivity index (χ2n) is 7.03. The van der Waals surface area contributed by atoms with Gasteiger partial charge in [0.15, 0.2) is 0 Å². The molecule has 0 spiro atoms. The van der Waals surface area contributed by atoms with Crippen molar-refractivity contribution in [3.8, 4) is 0 Å². The van der Waals surface area contributed by atoms with Gasteiger partial charge in [0.25, 0.3) is 0 Å². The van der Waals surface area contributed by atoms with E-state index in [4.69, 9.17) is 0 Å². The van der Waals surface area contributed by atoms with Crippen molar-refractivity contribution in [2.45, 2.75) is 16.3 Å². The lowest BCUT2D eigenvalue weighted by atomic mass is 10.1. The van der Waals surface area contributed by atoms with Gasteiger partial charge in [0.05, 0.1) is 21.1 Å². The zero-order chi connectivity index (χ0) is 17.6. The zero-order valence-electron chi connectivity index (χ0n) is 15.4. The molecule has 0 aliphatic heterocycles. The van der Waals surface area contributed by atoms with Crippen LogP contribution in [0.5, 0.6) is 0 Å². The van der Waals surface area contributed by atoms with Gasteiger partial charge in [-0.3, -0.25) is 0 Å². The summed E-state index contributed by atoms with van der Waals surface area (Å²) in [4.78, 5) is 5.78. The molecular formula is C22H28N2S+2. The van der Waals surface area contributed by atoms with E-state index in [-0.39, 0.29) is 0 Å². The lowest BCUT2D eigenvalue weighted by Crippen LogP contribution is -3.15. The summed E-state index contributed by atoms with van der Waals surface area (Å²) >= 11 is 1.89. The molecule has 0 saturated heterocycles. The highest BCUT2D eigenvalue weighted by Crippen LogP contribution is 2.35. The molecule has 3 aromatic carbocycles. The van der Waals surface area contributed by atoms with E-state index in [1.54, 1.807) is 4.90 Å². The van der Waals surface area contributed by atoms with Crippen LogP contribution in [-0.4, -0.2) is 34.2 Å². The molecule has 130 valence electrons. The maximum absolute atomic E-state index is 2.29. The quantitative estimate of drug-likeness (QED) is 0.662. The molecule has 0 bridgehead atoms. The van der Waals surface area contributed by atoms with Gasteiger partial charge in [-0.15, -0.1) is 0 Å². The van der Waals surface area contributed by atoms with Crippen LogP contribution < -0.4 is 9.80 Å². The fourth-order valence-corrected chi connectivity index (χ4v) is 4.13. The number of benzene rings is 3. The van der Waals surface area contributed by atoms with Crippen LogP contribution in [0.1, 0.15) is 5.56 Å². The summed E-state index contributed by atoms with van der Waals surface area (Å²) in [6.07, 6.45) is 0. The first kappa shape index (κ1) is 18.0. The molecule has 25 heavy (non-hydrogen) atoms. The lowest BCUT2D eigenvalue weighted by molar-refractivity contribution is -0.938. The van der Waals surface area contributed by atoms with Crippen LogP contribution in [0.25, 0.3) is 10.8 Å². The summed E-state index contributed by atoms with van der Waals surface area (Å²) in [6.45, 7) is 3.46. The maximum atomic E-state index is 2.29. The van der Waals surface area contributed by atoms with Crippen LogP contribution in [0, 0.1) is 0 Å². The van der Waals surface area contributed by atoms with Crippen LogP contribution in [0.4, 0.5) is 0 Å². The third-order valence-electron chi connectivity index (χ3n) is 4.49. The van der Waals surface area contributed by atoms with Gasteiger partial charge in [-0.05, 0) is 22.9 Å². The van der Waals surface area contributed by atoms with Crippen molar-refractivity contribution in [3.05, 3.63) is 72.3 Å². The van der Waals surface area contributed by atoms with E-state index >= 15 is 0 Å². The predicted octanol–water partition coefficient (Wildman–Crippen LogP) is 2.15. The number of fused-ring (bicyclic) bond motifs is 1. The molecule has 3 heteroatoms. The Morgan fingerprint density at radius 3 is 2.24 bits per heavy atom. The van der Waals surface area contributed by atoms with Crippen molar-refractivity contribution in [2.24, 2.45) is 0 Å². The number of nitrogens with one attached hydrogen (secondary N) is 2. The Kier molecular flexibility index (Phi) is 6.14. The SMILES string of the molecule is C[NH+](C)CC[NH+](C)Cc1ccccc1Sc1cccc2ccccc12. The normalized spacial score (nSPS) is 12.6. The van der Waals surface area contributed by atoms with E-state index in [1.165, 1.54) is 44.1 Å². The average Bonchev–Trinajstić information content (AvgIpc) is 2.62. The highest BCUT2D eigenvalue weighted by molar-refractivity contribution is 7.99. The first-order valence-electron chi connectivity index (χ1n) is 8.97. The monoisotopic (exact) mass is 352 g/mol. The van der Waals surface area contributed by atoms with Gasteiger partial charge in [0, 0.05) is 15.4 Å². The Labute approximate surface area is 155 Å². The second kappa shape index (κ2) is 8.52. The van der Waals surface area contributed by atoms with Crippen molar-refractivity contribution < 1.29 is 9.80 Å². The van der Waals surface area contributed by atoms with Crippen molar-refractivity contribution in [2.75, 3.05) is 34.2 Å². The maximum Gasteiger partial charge on any atom is 0.127 e. The first-order chi connectivity index (χ1) is 12.1. The van der Waals surface area contributed by atoms with E-state index in [2.05, 4.69) is 87.9 Å². The Balaban J connectivity index is 1.81. The molecule has 0 radical (unpaired) electrons. The molecule has 3 aromatic rings. The van der Waals surface area contributed by atoms with E-state index < -0.39 is 0 Å². The average molecular weight is 353 g/mol. The number of quaternary nitrogens is 2. The van der Waals surface area contributed by atoms with E-state index in [9.17, 15) is 0 Å². The van der Waals surface area contributed by atoms with Crippen LogP contribution in [0.3, 0.4) is 0 Å². The summed E-state index contributed by atoms with van der Waals surface area (Å²) in [5.74, 6) is 0. The minimum absolute atomic E-state index is 1.07.